The van der Waals surface area contributed by atoms with Crippen LogP contribution < -0.4 is 4.74 Å². The molecule has 0 fully saturated rings. The van der Waals surface area contributed by atoms with Crippen molar-refractivity contribution in [2.24, 2.45) is 0 Å². The average molecular weight is 469 g/mol. The number of benzene rings is 3. The summed E-state index contributed by atoms with van der Waals surface area (Å²) >= 11 is 0. The summed E-state index contributed by atoms with van der Waals surface area (Å²) in [6.45, 7) is 2.45. The van der Waals surface area contributed by atoms with Gasteiger partial charge in [0.15, 0.2) is 0 Å². The molecule has 0 spiro atoms. The average Bonchev–Trinajstić information content (AvgIpc) is 3.23. The van der Waals surface area contributed by atoms with Crippen LogP contribution in [-0.4, -0.2) is 23.9 Å². The van der Waals surface area contributed by atoms with Gasteiger partial charge in [0, 0.05) is 6.42 Å². The molecule has 3 aromatic rings. The molecule has 0 aliphatic heterocycles. The van der Waals surface area contributed by atoms with E-state index in [4.69, 9.17) is 9.47 Å². The zero-order valence-corrected chi connectivity index (χ0v) is 20.8. The van der Waals surface area contributed by atoms with Crippen LogP contribution >= 0.6 is 0 Å². The Labute approximate surface area is 209 Å². The van der Waals surface area contributed by atoms with Crippen LogP contribution in [-0.2, 0) is 17.8 Å². The minimum absolute atomic E-state index is 0.0788. The predicted molar refractivity (Wildman–Crippen MR) is 143 cm³/mol. The number of aliphatic hydroxyl groups is 1. The first-order valence-corrected chi connectivity index (χ1v) is 12.5. The number of allylic oxidation sites excluding steroid dienone is 2. The molecule has 0 saturated carbocycles. The summed E-state index contributed by atoms with van der Waals surface area (Å²) in [5.41, 5.74) is 5.17. The van der Waals surface area contributed by atoms with Gasteiger partial charge in [-0.15, -0.1) is 0 Å². The molecule has 0 bridgehead atoms. The van der Waals surface area contributed by atoms with Crippen LogP contribution in [0.4, 0.5) is 0 Å². The maximum atomic E-state index is 10.7. The van der Waals surface area contributed by atoms with Crippen molar-refractivity contribution < 1.29 is 14.6 Å². The van der Waals surface area contributed by atoms with Crippen LogP contribution in [0.1, 0.15) is 43.7 Å². The van der Waals surface area contributed by atoms with Gasteiger partial charge in [-0.1, -0.05) is 85.0 Å². The Balaban J connectivity index is 1.38. The van der Waals surface area contributed by atoms with E-state index in [1.165, 1.54) is 16.7 Å². The quantitative estimate of drug-likeness (QED) is 0.300. The van der Waals surface area contributed by atoms with Crippen molar-refractivity contribution in [1.82, 2.24) is 0 Å². The zero-order chi connectivity index (χ0) is 24.5. The molecule has 0 saturated heterocycles. The Morgan fingerprint density at radius 1 is 0.943 bits per heavy atom. The van der Waals surface area contributed by atoms with E-state index in [1.54, 1.807) is 7.11 Å². The molecule has 4 rings (SSSR count). The van der Waals surface area contributed by atoms with Crippen molar-refractivity contribution in [1.29, 1.82) is 0 Å². The molecule has 3 aromatic carbocycles. The van der Waals surface area contributed by atoms with Crippen molar-refractivity contribution in [3.05, 3.63) is 114 Å². The summed E-state index contributed by atoms with van der Waals surface area (Å²) < 4.78 is 11.7. The first-order valence-electron chi connectivity index (χ1n) is 12.5. The number of methoxy groups -OCH3 is 1. The molecular formula is C32H36O3. The standard InChI is InChI=1S/C32H36O3/c1-32(33)21-9-14-29(32)23-31(15-7-6-10-25-11-8-16-30(22-25)34-2)35-24-26-17-19-28(20-18-26)27-12-4-3-5-13-27/h3-5,7-8,11-20,22,31,33H,6,9-10,21,23-24H2,1-2H3/b15-7+. The highest BCUT2D eigenvalue weighted by atomic mass is 16.5. The number of rotatable bonds is 11. The van der Waals surface area contributed by atoms with Gasteiger partial charge >= 0.3 is 0 Å². The van der Waals surface area contributed by atoms with Crippen LogP contribution in [0.25, 0.3) is 11.1 Å². The van der Waals surface area contributed by atoms with E-state index in [1.807, 2.05) is 25.1 Å². The summed E-state index contributed by atoms with van der Waals surface area (Å²) in [4.78, 5) is 0. The first-order chi connectivity index (χ1) is 17.0. The number of hydrogen-bond donors (Lipinski definition) is 1. The van der Waals surface area contributed by atoms with Gasteiger partial charge in [0.25, 0.3) is 0 Å². The Hall–Kier alpha value is -3.14. The van der Waals surface area contributed by atoms with Crippen molar-refractivity contribution >= 4 is 0 Å². The maximum absolute atomic E-state index is 10.7. The molecule has 0 heterocycles. The van der Waals surface area contributed by atoms with Crippen molar-refractivity contribution in [3.8, 4) is 16.9 Å². The lowest BCUT2D eigenvalue weighted by molar-refractivity contribution is 0.0530. The topological polar surface area (TPSA) is 38.7 Å². The van der Waals surface area contributed by atoms with E-state index in [0.29, 0.717) is 13.0 Å². The highest BCUT2D eigenvalue weighted by molar-refractivity contribution is 5.63. The minimum atomic E-state index is -0.729. The van der Waals surface area contributed by atoms with Gasteiger partial charge in [0.1, 0.15) is 5.75 Å². The summed E-state index contributed by atoms with van der Waals surface area (Å²) in [5, 5.41) is 10.7. The number of ether oxygens (including phenoxy) is 2. The molecule has 1 aliphatic rings. The molecule has 0 amide bonds. The van der Waals surface area contributed by atoms with Gasteiger partial charge in [-0.3, -0.25) is 0 Å². The van der Waals surface area contributed by atoms with Gasteiger partial charge in [-0.05, 0) is 72.6 Å². The van der Waals surface area contributed by atoms with E-state index < -0.39 is 5.60 Å². The molecular weight excluding hydrogens is 432 g/mol. The van der Waals surface area contributed by atoms with Gasteiger partial charge < -0.3 is 14.6 Å². The molecule has 2 unspecified atom stereocenters. The Kier molecular flexibility index (Phi) is 8.57. The maximum Gasteiger partial charge on any atom is 0.119 e. The fraction of sp³-hybridized carbons (Fsp3) is 0.312. The second kappa shape index (κ2) is 12.0. The molecule has 0 radical (unpaired) electrons. The van der Waals surface area contributed by atoms with Crippen LogP contribution in [0, 0.1) is 0 Å². The highest BCUT2D eigenvalue weighted by Crippen LogP contribution is 2.33. The van der Waals surface area contributed by atoms with E-state index >= 15 is 0 Å². The fourth-order valence-corrected chi connectivity index (χ4v) is 4.56. The third kappa shape index (κ3) is 7.17. The van der Waals surface area contributed by atoms with Gasteiger partial charge in [0.2, 0.25) is 0 Å². The fourth-order valence-electron chi connectivity index (χ4n) is 4.56. The molecule has 182 valence electrons. The van der Waals surface area contributed by atoms with Crippen LogP contribution in [0.5, 0.6) is 5.75 Å². The summed E-state index contributed by atoms with van der Waals surface area (Å²) in [6.07, 6.45) is 10.8. The van der Waals surface area contributed by atoms with Gasteiger partial charge in [0.05, 0.1) is 25.4 Å². The van der Waals surface area contributed by atoms with Crippen molar-refractivity contribution in [3.63, 3.8) is 0 Å². The van der Waals surface area contributed by atoms with Crippen LogP contribution in [0.2, 0.25) is 0 Å². The smallest absolute Gasteiger partial charge is 0.119 e. The number of aryl methyl sites for hydroxylation is 1. The molecule has 1 N–H and O–H groups in total. The summed E-state index contributed by atoms with van der Waals surface area (Å²) in [5.74, 6) is 0.890. The summed E-state index contributed by atoms with van der Waals surface area (Å²) in [6, 6.07) is 27.2. The predicted octanol–water partition coefficient (Wildman–Crippen LogP) is 7.30. The van der Waals surface area contributed by atoms with Crippen molar-refractivity contribution in [2.45, 2.75) is 57.3 Å². The van der Waals surface area contributed by atoms with E-state index in [-0.39, 0.29) is 6.10 Å². The zero-order valence-electron chi connectivity index (χ0n) is 20.8. The van der Waals surface area contributed by atoms with Crippen LogP contribution in [0.3, 0.4) is 0 Å². The number of hydrogen-bond acceptors (Lipinski definition) is 3. The molecule has 3 heteroatoms. The Morgan fingerprint density at radius 2 is 1.71 bits per heavy atom. The normalized spacial score (nSPS) is 18.5. The van der Waals surface area contributed by atoms with Gasteiger partial charge in [-0.25, -0.2) is 0 Å². The minimum Gasteiger partial charge on any atom is -0.497 e. The lowest BCUT2D eigenvalue weighted by Crippen LogP contribution is -2.26. The molecule has 35 heavy (non-hydrogen) atoms. The second-order valence-electron chi connectivity index (χ2n) is 9.48. The van der Waals surface area contributed by atoms with Crippen LogP contribution in [0.15, 0.2) is 103 Å². The molecule has 0 aromatic heterocycles. The third-order valence-corrected chi connectivity index (χ3v) is 6.74. The van der Waals surface area contributed by atoms with Gasteiger partial charge in [-0.2, -0.15) is 0 Å². The Bertz CT molecular complexity index is 1130. The van der Waals surface area contributed by atoms with Crippen molar-refractivity contribution in [2.75, 3.05) is 7.11 Å². The third-order valence-electron chi connectivity index (χ3n) is 6.74. The molecule has 3 nitrogen and oxygen atoms in total. The lowest BCUT2D eigenvalue weighted by atomic mass is 9.93. The Morgan fingerprint density at radius 3 is 2.43 bits per heavy atom. The SMILES string of the molecule is COc1cccc(CC/C=C/C(CC2=CCCC2(C)O)OCc2ccc(-c3ccccc3)cc2)c1. The molecule has 1 aliphatic carbocycles. The monoisotopic (exact) mass is 468 g/mol. The first kappa shape index (κ1) is 25.0. The second-order valence-corrected chi connectivity index (χ2v) is 9.48. The molecule has 2 atom stereocenters. The van der Waals surface area contributed by atoms with E-state index in [2.05, 4.69) is 78.9 Å². The largest absolute Gasteiger partial charge is 0.497 e. The van der Waals surface area contributed by atoms with E-state index in [9.17, 15) is 5.11 Å². The van der Waals surface area contributed by atoms with E-state index in [0.717, 1.165) is 42.6 Å². The lowest BCUT2D eigenvalue weighted by Gasteiger charge is -2.24. The summed E-state index contributed by atoms with van der Waals surface area (Å²) in [7, 11) is 1.70. The highest BCUT2D eigenvalue weighted by Gasteiger charge is 2.30.